The Labute approximate surface area is 107 Å². The first-order valence-corrected chi connectivity index (χ1v) is 6.14. The maximum Gasteiger partial charge on any atom is 0.162 e. The van der Waals surface area contributed by atoms with E-state index in [9.17, 15) is 5.11 Å². The van der Waals surface area contributed by atoms with Gasteiger partial charge < -0.3 is 19.9 Å². The Kier molecular flexibility index (Phi) is 3.89. The van der Waals surface area contributed by atoms with Crippen molar-refractivity contribution in [3.8, 4) is 5.75 Å². The van der Waals surface area contributed by atoms with Crippen molar-refractivity contribution in [1.82, 2.24) is 15.1 Å². The van der Waals surface area contributed by atoms with Crippen LogP contribution in [-0.4, -0.2) is 47.8 Å². The third kappa shape index (κ3) is 2.66. The van der Waals surface area contributed by atoms with Crippen LogP contribution in [0.15, 0.2) is 6.20 Å². The van der Waals surface area contributed by atoms with Gasteiger partial charge in [0.1, 0.15) is 11.3 Å². The zero-order valence-electron chi connectivity index (χ0n) is 11.1. The fourth-order valence-corrected chi connectivity index (χ4v) is 2.51. The van der Waals surface area contributed by atoms with Gasteiger partial charge >= 0.3 is 0 Å². The predicted octanol–water partition coefficient (Wildman–Crippen LogP) is 0.0147. The second kappa shape index (κ2) is 5.26. The van der Waals surface area contributed by atoms with Crippen molar-refractivity contribution in [3.05, 3.63) is 11.9 Å². The van der Waals surface area contributed by atoms with Crippen molar-refractivity contribution in [1.29, 1.82) is 0 Å². The van der Waals surface area contributed by atoms with E-state index in [1.165, 1.54) is 0 Å². The van der Waals surface area contributed by atoms with Gasteiger partial charge in [-0.3, -0.25) is 4.68 Å². The number of ether oxygens (including phenoxy) is 2. The van der Waals surface area contributed by atoms with E-state index in [2.05, 4.69) is 10.4 Å². The van der Waals surface area contributed by atoms with Crippen molar-refractivity contribution in [3.63, 3.8) is 0 Å². The molecule has 2 heterocycles. The number of morpholine rings is 1. The molecule has 1 aliphatic rings. The second-order valence-corrected chi connectivity index (χ2v) is 4.89. The highest BCUT2D eigenvalue weighted by Gasteiger charge is 2.34. The SMILES string of the molecule is COc1cnn(C)c1C(C)(O)CC1COCCN1. The smallest absolute Gasteiger partial charge is 0.162 e. The lowest BCUT2D eigenvalue weighted by Crippen LogP contribution is -2.45. The first-order chi connectivity index (χ1) is 8.54. The molecule has 1 saturated heterocycles. The molecule has 0 aromatic carbocycles. The predicted molar refractivity (Wildman–Crippen MR) is 66.6 cm³/mol. The highest BCUT2D eigenvalue weighted by molar-refractivity contribution is 5.30. The molecule has 1 aliphatic heterocycles. The number of aryl methyl sites for hydroxylation is 1. The minimum absolute atomic E-state index is 0.147. The fraction of sp³-hybridized carbons (Fsp3) is 0.750. The van der Waals surface area contributed by atoms with Gasteiger partial charge in [0, 0.05) is 19.6 Å². The molecule has 0 amide bonds. The Bertz CT molecular complexity index is 397. The van der Waals surface area contributed by atoms with Gasteiger partial charge in [0.2, 0.25) is 0 Å². The standard InChI is InChI=1S/C12H21N3O3/c1-12(16,6-9-8-18-5-4-13-9)11-10(17-3)7-14-15(11)2/h7,9,13,16H,4-6,8H2,1-3H3. The van der Waals surface area contributed by atoms with Crippen LogP contribution in [0, 0.1) is 0 Å². The average Bonchev–Trinajstić information content (AvgIpc) is 2.72. The fourth-order valence-electron chi connectivity index (χ4n) is 2.51. The number of hydrogen-bond donors (Lipinski definition) is 2. The average molecular weight is 255 g/mol. The molecule has 2 rings (SSSR count). The largest absolute Gasteiger partial charge is 0.493 e. The van der Waals surface area contributed by atoms with E-state index in [0.717, 1.165) is 13.2 Å². The van der Waals surface area contributed by atoms with Crippen LogP contribution in [0.2, 0.25) is 0 Å². The van der Waals surface area contributed by atoms with Crippen molar-refractivity contribution < 1.29 is 14.6 Å². The lowest BCUT2D eigenvalue weighted by atomic mass is 9.92. The van der Waals surface area contributed by atoms with E-state index >= 15 is 0 Å². The molecule has 1 aromatic rings. The molecular weight excluding hydrogens is 234 g/mol. The van der Waals surface area contributed by atoms with Crippen LogP contribution < -0.4 is 10.1 Å². The molecule has 6 nitrogen and oxygen atoms in total. The van der Waals surface area contributed by atoms with Gasteiger partial charge in [-0.05, 0) is 13.3 Å². The zero-order chi connectivity index (χ0) is 13.2. The van der Waals surface area contributed by atoms with E-state index < -0.39 is 5.60 Å². The first kappa shape index (κ1) is 13.3. The number of rotatable bonds is 4. The molecule has 2 N–H and O–H groups in total. The molecule has 18 heavy (non-hydrogen) atoms. The Balaban J connectivity index is 2.15. The second-order valence-electron chi connectivity index (χ2n) is 4.89. The summed E-state index contributed by atoms with van der Waals surface area (Å²) in [5.41, 5.74) is -0.313. The Morgan fingerprint density at radius 3 is 3.11 bits per heavy atom. The highest BCUT2D eigenvalue weighted by Crippen LogP contribution is 2.32. The number of aromatic nitrogens is 2. The van der Waals surface area contributed by atoms with Crippen LogP contribution in [0.5, 0.6) is 5.75 Å². The van der Waals surface area contributed by atoms with E-state index in [0.29, 0.717) is 24.5 Å². The number of aliphatic hydroxyl groups is 1. The third-order valence-electron chi connectivity index (χ3n) is 3.28. The van der Waals surface area contributed by atoms with Crippen molar-refractivity contribution in [2.24, 2.45) is 7.05 Å². The summed E-state index contributed by atoms with van der Waals surface area (Å²) in [6, 6.07) is 0.147. The third-order valence-corrected chi connectivity index (χ3v) is 3.28. The maximum atomic E-state index is 10.7. The van der Waals surface area contributed by atoms with Crippen LogP contribution >= 0.6 is 0 Å². The van der Waals surface area contributed by atoms with Gasteiger partial charge in [0.05, 0.1) is 26.5 Å². The normalized spacial score (nSPS) is 23.7. The van der Waals surface area contributed by atoms with Gasteiger partial charge in [-0.15, -0.1) is 0 Å². The van der Waals surface area contributed by atoms with E-state index in [1.54, 1.807) is 32.0 Å². The van der Waals surface area contributed by atoms with E-state index in [-0.39, 0.29) is 6.04 Å². The van der Waals surface area contributed by atoms with Crippen molar-refractivity contribution >= 4 is 0 Å². The summed E-state index contributed by atoms with van der Waals surface area (Å²) >= 11 is 0. The van der Waals surface area contributed by atoms with Crippen LogP contribution in [0.4, 0.5) is 0 Å². The lowest BCUT2D eigenvalue weighted by Gasteiger charge is -2.31. The summed E-state index contributed by atoms with van der Waals surface area (Å²) in [6.45, 7) is 3.95. The topological polar surface area (TPSA) is 68.5 Å². The van der Waals surface area contributed by atoms with Crippen LogP contribution in [0.1, 0.15) is 19.0 Å². The van der Waals surface area contributed by atoms with Crippen LogP contribution in [-0.2, 0) is 17.4 Å². The first-order valence-electron chi connectivity index (χ1n) is 6.14. The van der Waals surface area contributed by atoms with Crippen LogP contribution in [0.3, 0.4) is 0 Å². The maximum absolute atomic E-state index is 10.7. The molecule has 0 saturated carbocycles. The number of methoxy groups -OCH3 is 1. The number of hydrogen-bond acceptors (Lipinski definition) is 5. The van der Waals surface area contributed by atoms with Crippen molar-refractivity contribution in [2.45, 2.75) is 25.0 Å². The van der Waals surface area contributed by atoms with E-state index in [1.807, 2.05) is 0 Å². The Morgan fingerprint density at radius 1 is 1.72 bits per heavy atom. The molecule has 2 atom stereocenters. The van der Waals surface area contributed by atoms with Gasteiger partial charge in [0.15, 0.2) is 5.75 Å². The minimum Gasteiger partial charge on any atom is -0.493 e. The molecule has 0 spiro atoms. The summed E-state index contributed by atoms with van der Waals surface area (Å²) in [5.74, 6) is 0.610. The molecule has 2 unspecified atom stereocenters. The summed E-state index contributed by atoms with van der Waals surface area (Å²) in [5, 5.41) is 18.1. The number of nitrogens with one attached hydrogen (secondary N) is 1. The molecule has 102 valence electrons. The molecular formula is C12H21N3O3. The molecule has 1 fully saturated rings. The highest BCUT2D eigenvalue weighted by atomic mass is 16.5. The number of nitrogens with zero attached hydrogens (tertiary/aromatic N) is 2. The van der Waals surface area contributed by atoms with Gasteiger partial charge in [0.25, 0.3) is 0 Å². The van der Waals surface area contributed by atoms with Gasteiger partial charge in [-0.1, -0.05) is 0 Å². The molecule has 6 heteroatoms. The lowest BCUT2D eigenvalue weighted by molar-refractivity contribution is -0.00317. The summed E-state index contributed by atoms with van der Waals surface area (Å²) in [6.07, 6.45) is 2.18. The molecule has 0 aliphatic carbocycles. The zero-order valence-corrected chi connectivity index (χ0v) is 11.1. The van der Waals surface area contributed by atoms with E-state index in [4.69, 9.17) is 9.47 Å². The molecule has 1 aromatic heterocycles. The van der Waals surface area contributed by atoms with Crippen molar-refractivity contribution in [2.75, 3.05) is 26.9 Å². The quantitative estimate of drug-likeness (QED) is 0.793. The summed E-state index contributed by atoms with van der Waals surface area (Å²) < 4.78 is 12.3. The van der Waals surface area contributed by atoms with Gasteiger partial charge in [-0.25, -0.2) is 0 Å². The molecule has 0 radical (unpaired) electrons. The summed E-state index contributed by atoms with van der Waals surface area (Å²) in [7, 11) is 3.38. The van der Waals surface area contributed by atoms with Gasteiger partial charge in [-0.2, -0.15) is 5.10 Å². The minimum atomic E-state index is -1.00. The Hall–Kier alpha value is -1.11. The Morgan fingerprint density at radius 2 is 2.50 bits per heavy atom. The molecule has 0 bridgehead atoms. The summed E-state index contributed by atoms with van der Waals surface area (Å²) in [4.78, 5) is 0. The van der Waals surface area contributed by atoms with Crippen LogP contribution in [0.25, 0.3) is 0 Å². The monoisotopic (exact) mass is 255 g/mol.